The second kappa shape index (κ2) is 9.18. The first-order chi connectivity index (χ1) is 13.2. The van der Waals surface area contributed by atoms with E-state index in [2.05, 4.69) is 21.4 Å². The van der Waals surface area contributed by atoms with Crippen molar-refractivity contribution >= 4 is 35.6 Å². The van der Waals surface area contributed by atoms with Gasteiger partial charge in [0.05, 0.1) is 18.6 Å². The normalized spacial score (nSPS) is 13.5. The molecule has 0 amide bonds. The minimum atomic E-state index is -0.315. The van der Waals surface area contributed by atoms with E-state index < -0.39 is 0 Å². The zero-order valence-corrected chi connectivity index (χ0v) is 17.8. The fraction of sp³-hybridized carbons (Fsp3) is 0.238. The van der Waals surface area contributed by atoms with Crippen LogP contribution < -0.4 is 11.1 Å². The molecule has 1 heterocycles. The smallest absolute Gasteiger partial charge is 0.193 e. The van der Waals surface area contributed by atoms with Crippen LogP contribution in [0.3, 0.4) is 0 Å². The van der Waals surface area contributed by atoms with Crippen molar-refractivity contribution in [3.63, 3.8) is 0 Å². The molecule has 7 heteroatoms. The lowest BCUT2D eigenvalue weighted by molar-refractivity contribution is 0.616. The second-order valence-corrected chi connectivity index (χ2v) is 6.73. The summed E-state index contributed by atoms with van der Waals surface area (Å²) in [4.78, 5) is 8.31. The molecule has 0 bridgehead atoms. The van der Waals surface area contributed by atoms with Crippen molar-refractivity contribution < 1.29 is 4.39 Å². The van der Waals surface area contributed by atoms with Crippen molar-refractivity contribution in [2.45, 2.75) is 32.2 Å². The molecule has 3 aromatic rings. The van der Waals surface area contributed by atoms with Gasteiger partial charge in [-0.2, -0.15) is 0 Å². The number of benzene rings is 2. The van der Waals surface area contributed by atoms with Crippen molar-refractivity contribution in [3.8, 4) is 5.69 Å². The first kappa shape index (κ1) is 20.3. The zero-order valence-electron chi connectivity index (χ0n) is 15.4. The minimum Gasteiger partial charge on any atom is -0.370 e. The number of rotatable bonds is 4. The van der Waals surface area contributed by atoms with Gasteiger partial charge in [-0.25, -0.2) is 14.4 Å². The summed E-state index contributed by atoms with van der Waals surface area (Å²) in [6.45, 7) is 0.314. The van der Waals surface area contributed by atoms with Crippen LogP contribution in [0.15, 0.2) is 60.1 Å². The molecule has 1 aliphatic carbocycles. The van der Waals surface area contributed by atoms with Crippen molar-refractivity contribution in [1.82, 2.24) is 9.55 Å². The van der Waals surface area contributed by atoms with Crippen LogP contribution in [0.4, 0.5) is 10.1 Å². The first-order valence-corrected chi connectivity index (χ1v) is 9.15. The quantitative estimate of drug-likeness (QED) is 0.322. The topological polar surface area (TPSA) is 68.2 Å². The van der Waals surface area contributed by atoms with Gasteiger partial charge in [-0.1, -0.05) is 18.2 Å². The summed E-state index contributed by atoms with van der Waals surface area (Å²) in [7, 11) is 0. The standard InChI is InChI=1S/C21H22FN5.HI/c22-18-12-15(8-9-20(18)27-11-10-24-14-27)13-25-21(23)26-19-7-3-5-16-4-1-2-6-17(16)19;/h3,5,7-12,14H,1-2,4,6,13H2,(H3,23,25,26);1H. The van der Waals surface area contributed by atoms with Gasteiger partial charge in [-0.3, -0.25) is 0 Å². The number of aliphatic imine (C=N–C) groups is 1. The molecule has 4 rings (SSSR count). The van der Waals surface area contributed by atoms with E-state index in [1.54, 1.807) is 29.4 Å². The maximum absolute atomic E-state index is 14.3. The number of nitrogens with two attached hydrogens (primary N) is 1. The summed E-state index contributed by atoms with van der Waals surface area (Å²) in [6, 6.07) is 11.3. The molecule has 2 aromatic carbocycles. The van der Waals surface area contributed by atoms with Crippen molar-refractivity contribution in [2.75, 3.05) is 5.32 Å². The van der Waals surface area contributed by atoms with E-state index in [9.17, 15) is 4.39 Å². The summed E-state index contributed by atoms with van der Waals surface area (Å²) >= 11 is 0. The van der Waals surface area contributed by atoms with E-state index in [1.165, 1.54) is 30.0 Å². The molecule has 0 radical (unpaired) electrons. The van der Waals surface area contributed by atoms with Crippen molar-refractivity contribution in [3.05, 3.63) is 77.6 Å². The molecular formula is C21H23FIN5. The molecule has 146 valence electrons. The highest BCUT2D eigenvalue weighted by Crippen LogP contribution is 2.27. The Labute approximate surface area is 180 Å². The molecular weight excluding hydrogens is 468 g/mol. The molecule has 0 fully saturated rings. The number of nitrogens with one attached hydrogen (secondary N) is 1. The first-order valence-electron chi connectivity index (χ1n) is 9.15. The minimum absolute atomic E-state index is 0. The summed E-state index contributed by atoms with van der Waals surface area (Å²) in [5.41, 5.74) is 11.0. The molecule has 0 saturated carbocycles. The van der Waals surface area contributed by atoms with E-state index >= 15 is 0 Å². The molecule has 0 unspecified atom stereocenters. The Bertz CT molecular complexity index is 969. The van der Waals surface area contributed by atoms with Crippen LogP contribution in [-0.4, -0.2) is 15.5 Å². The van der Waals surface area contributed by atoms with E-state index in [-0.39, 0.29) is 29.8 Å². The Kier molecular flexibility index (Phi) is 6.66. The van der Waals surface area contributed by atoms with Crippen molar-refractivity contribution in [2.24, 2.45) is 10.7 Å². The molecule has 0 aliphatic heterocycles. The average Bonchev–Trinajstić information content (AvgIpc) is 3.21. The second-order valence-electron chi connectivity index (χ2n) is 6.73. The van der Waals surface area contributed by atoms with Gasteiger partial charge in [0.1, 0.15) is 5.82 Å². The summed E-state index contributed by atoms with van der Waals surface area (Å²) in [6.07, 6.45) is 9.51. The molecule has 0 saturated heterocycles. The van der Waals surface area contributed by atoms with Crippen molar-refractivity contribution in [1.29, 1.82) is 0 Å². The predicted molar refractivity (Wildman–Crippen MR) is 121 cm³/mol. The number of imidazole rings is 1. The molecule has 5 nitrogen and oxygen atoms in total. The third-order valence-electron chi connectivity index (χ3n) is 4.89. The number of aryl methyl sites for hydroxylation is 1. The zero-order chi connectivity index (χ0) is 18.6. The van der Waals surface area contributed by atoms with Gasteiger partial charge in [0.25, 0.3) is 0 Å². The van der Waals surface area contributed by atoms with Gasteiger partial charge in [0, 0.05) is 18.1 Å². The molecule has 0 spiro atoms. The largest absolute Gasteiger partial charge is 0.370 e. The Morgan fingerprint density at radius 2 is 2.07 bits per heavy atom. The maximum atomic E-state index is 14.3. The Balaban J connectivity index is 0.00000225. The Morgan fingerprint density at radius 3 is 2.86 bits per heavy atom. The van der Waals surface area contributed by atoms with Crippen LogP contribution in [-0.2, 0) is 19.4 Å². The molecule has 3 N–H and O–H groups in total. The number of nitrogens with zero attached hydrogens (tertiary/aromatic N) is 3. The van der Waals surface area contributed by atoms with Gasteiger partial charge in [0.2, 0.25) is 0 Å². The van der Waals surface area contributed by atoms with Crippen LogP contribution in [0.2, 0.25) is 0 Å². The fourth-order valence-electron chi connectivity index (χ4n) is 3.51. The molecule has 0 atom stereocenters. The third kappa shape index (κ3) is 4.52. The Morgan fingerprint density at radius 1 is 1.21 bits per heavy atom. The number of hydrogen-bond acceptors (Lipinski definition) is 2. The van der Waals surface area contributed by atoms with Crippen LogP contribution in [0.5, 0.6) is 0 Å². The lowest BCUT2D eigenvalue weighted by atomic mass is 9.90. The lowest BCUT2D eigenvalue weighted by Crippen LogP contribution is -2.24. The Hall–Kier alpha value is -2.42. The van der Waals surface area contributed by atoms with Gasteiger partial charge in [-0.05, 0) is 60.6 Å². The van der Waals surface area contributed by atoms with E-state index in [0.29, 0.717) is 18.2 Å². The van der Waals surface area contributed by atoms with Crippen LogP contribution >= 0.6 is 24.0 Å². The summed E-state index contributed by atoms with van der Waals surface area (Å²) in [5, 5.41) is 3.21. The van der Waals surface area contributed by atoms with Crippen LogP contribution in [0, 0.1) is 5.82 Å². The van der Waals surface area contributed by atoms with Crippen LogP contribution in [0.25, 0.3) is 5.69 Å². The molecule has 28 heavy (non-hydrogen) atoms. The highest BCUT2D eigenvalue weighted by molar-refractivity contribution is 14.0. The monoisotopic (exact) mass is 491 g/mol. The molecule has 1 aromatic heterocycles. The summed E-state index contributed by atoms with van der Waals surface area (Å²) in [5.74, 6) is 0.0254. The van der Waals surface area contributed by atoms with E-state index in [0.717, 1.165) is 24.1 Å². The number of guanidine groups is 1. The fourth-order valence-corrected chi connectivity index (χ4v) is 3.51. The number of hydrogen-bond donors (Lipinski definition) is 2. The number of anilines is 1. The highest BCUT2D eigenvalue weighted by Gasteiger charge is 2.13. The van der Waals surface area contributed by atoms with Gasteiger partial charge >= 0.3 is 0 Å². The lowest BCUT2D eigenvalue weighted by Gasteiger charge is -2.19. The van der Waals surface area contributed by atoms with E-state index in [4.69, 9.17) is 5.73 Å². The number of aromatic nitrogens is 2. The third-order valence-corrected chi connectivity index (χ3v) is 4.89. The van der Waals surface area contributed by atoms with Gasteiger partial charge < -0.3 is 15.6 Å². The van der Waals surface area contributed by atoms with E-state index in [1.807, 2.05) is 18.2 Å². The van der Waals surface area contributed by atoms with Crippen LogP contribution in [0.1, 0.15) is 29.5 Å². The number of halogens is 2. The SMILES string of the molecule is I.NC(=NCc1ccc(-n2ccnc2)c(F)c1)Nc1cccc2c1CCCC2. The number of fused-ring (bicyclic) bond motifs is 1. The van der Waals surface area contributed by atoms with Gasteiger partial charge in [-0.15, -0.1) is 24.0 Å². The molecule has 1 aliphatic rings. The maximum Gasteiger partial charge on any atom is 0.193 e. The summed E-state index contributed by atoms with van der Waals surface area (Å²) < 4.78 is 16.0. The highest BCUT2D eigenvalue weighted by atomic mass is 127. The van der Waals surface area contributed by atoms with Gasteiger partial charge in [0.15, 0.2) is 5.96 Å². The predicted octanol–water partition coefficient (Wildman–Crippen LogP) is 4.44. The average molecular weight is 491 g/mol.